The molecule has 0 aliphatic carbocycles. The summed E-state index contributed by atoms with van der Waals surface area (Å²) in [6, 6.07) is 38.6. The van der Waals surface area contributed by atoms with Gasteiger partial charge in [-0.15, -0.1) is 0 Å². The molecular formula is C40H28N2O8. The van der Waals surface area contributed by atoms with Crippen molar-refractivity contribution in [2.75, 3.05) is 5.32 Å². The van der Waals surface area contributed by atoms with Crippen molar-refractivity contribution >= 4 is 46.9 Å². The van der Waals surface area contributed by atoms with Crippen LogP contribution in [0.4, 0.5) is 5.69 Å². The van der Waals surface area contributed by atoms with E-state index in [0.29, 0.717) is 28.0 Å². The summed E-state index contributed by atoms with van der Waals surface area (Å²) in [5.41, 5.74) is 2.49. The molecule has 2 unspecified atom stereocenters. The molecule has 0 aromatic heterocycles. The first-order chi connectivity index (χ1) is 24.2. The number of Topliss-reactive ketones (excluding diaryl/α,β-unsaturated/α-hetero) is 1. The minimum absolute atomic E-state index is 0.0351. The molecule has 0 saturated heterocycles. The van der Waals surface area contributed by atoms with E-state index in [2.05, 4.69) is 11.4 Å². The topological polar surface area (TPSA) is 160 Å². The Morgan fingerprint density at radius 3 is 1.52 bits per heavy atom. The molecule has 0 heterocycles. The lowest BCUT2D eigenvalue weighted by atomic mass is 9.98. The molecule has 0 aliphatic rings. The normalized spacial score (nSPS) is 12.0. The third-order valence-corrected chi connectivity index (χ3v) is 7.38. The quantitative estimate of drug-likeness (QED) is 0.0639. The highest BCUT2D eigenvalue weighted by Gasteiger charge is 2.41. The van der Waals surface area contributed by atoms with Crippen LogP contribution in [0.2, 0.25) is 0 Å². The molecular weight excluding hydrogens is 636 g/mol. The molecule has 5 aromatic rings. The van der Waals surface area contributed by atoms with Crippen LogP contribution < -0.4 is 5.32 Å². The molecule has 10 heteroatoms. The van der Waals surface area contributed by atoms with Crippen molar-refractivity contribution in [1.29, 1.82) is 5.26 Å². The summed E-state index contributed by atoms with van der Waals surface area (Å²) in [6.07, 6.45) is -2.63. The van der Waals surface area contributed by atoms with Gasteiger partial charge in [-0.3, -0.25) is 9.59 Å². The van der Waals surface area contributed by atoms with Crippen LogP contribution in [-0.4, -0.2) is 46.9 Å². The van der Waals surface area contributed by atoms with Crippen LogP contribution in [0, 0.1) is 11.3 Å². The number of nitriles is 1. The number of carbonyl (C=O) groups excluding carboxylic acids is 4. The molecule has 0 fully saturated rings. The summed E-state index contributed by atoms with van der Waals surface area (Å²) in [6.45, 7) is 0. The fourth-order valence-electron chi connectivity index (χ4n) is 4.79. The first-order valence-corrected chi connectivity index (χ1v) is 15.2. The maximum Gasteiger partial charge on any atom is 0.349 e. The average molecular weight is 665 g/mol. The van der Waals surface area contributed by atoms with Crippen molar-refractivity contribution in [3.63, 3.8) is 0 Å². The summed E-state index contributed by atoms with van der Waals surface area (Å²) >= 11 is 0. The van der Waals surface area contributed by atoms with Gasteiger partial charge in [0.1, 0.15) is 0 Å². The molecule has 0 saturated carbocycles. The highest BCUT2D eigenvalue weighted by atomic mass is 16.6. The smallest absolute Gasteiger partial charge is 0.349 e. The van der Waals surface area contributed by atoms with Crippen molar-refractivity contribution in [3.8, 4) is 6.07 Å². The van der Waals surface area contributed by atoms with Gasteiger partial charge in [0.2, 0.25) is 18.0 Å². The zero-order chi connectivity index (χ0) is 35.5. The minimum atomic E-state index is -2.17. The number of aliphatic carboxylic acids is 1. The second kappa shape index (κ2) is 16.1. The van der Waals surface area contributed by atoms with Crippen LogP contribution in [0.25, 0.3) is 11.6 Å². The molecule has 2 N–H and O–H groups in total. The highest BCUT2D eigenvalue weighted by molar-refractivity contribution is 6.06. The van der Waals surface area contributed by atoms with Gasteiger partial charge in [-0.25, -0.2) is 14.4 Å². The summed E-state index contributed by atoms with van der Waals surface area (Å²) in [4.78, 5) is 64.4. The lowest BCUT2D eigenvalue weighted by Crippen LogP contribution is -2.46. The molecule has 0 aliphatic heterocycles. The number of anilines is 1. The van der Waals surface area contributed by atoms with Gasteiger partial charge in [0.05, 0.1) is 22.8 Å². The maximum atomic E-state index is 13.8. The Balaban J connectivity index is 1.36. The molecule has 1 amide bonds. The fourth-order valence-corrected chi connectivity index (χ4v) is 4.79. The van der Waals surface area contributed by atoms with Gasteiger partial charge in [0, 0.05) is 16.8 Å². The van der Waals surface area contributed by atoms with E-state index in [4.69, 9.17) is 9.47 Å². The molecule has 5 aromatic carbocycles. The third kappa shape index (κ3) is 8.61. The standard InChI is InChI=1S/C40H28N2O8/c41-25-32(27-20-22-33(23-21-27)42-37(44)29-10-4-1-5-11-29)24-26-16-18-28(19-17-26)34(43)35(49-39(47)30-12-6-2-7-13-30)36(38(45)46)50-40(48)31-14-8-3-9-15-31/h1-24,35-36H,(H,42,44)(H,45,46)/b32-24+. The van der Waals surface area contributed by atoms with Gasteiger partial charge in [-0.05, 0) is 65.7 Å². The number of ether oxygens (including phenoxy) is 2. The predicted molar refractivity (Wildman–Crippen MR) is 184 cm³/mol. The molecule has 5 rings (SSSR count). The number of rotatable bonds is 12. The molecule has 0 radical (unpaired) electrons. The van der Waals surface area contributed by atoms with Gasteiger partial charge >= 0.3 is 17.9 Å². The summed E-state index contributed by atoms with van der Waals surface area (Å²) in [5, 5.41) is 22.7. The van der Waals surface area contributed by atoms with E-state index in [0.717, 1.165) is 0 Å². The van der Waals surface area contributed by atoms with Gasteiger partial charge in [-0.2, -0.15) is 5.26 Å². The van der Waals surface area contributed by atoms with Crippen LogP contribution >= 0.6 is 0 Å². The van der Waals surface area contributed by atoms with Gasteiger partial charge < -0.3 is 19.9 Å². The number of ketones is 1. The number of hydrogen-bond donors (Lipinski definition) is 2. The number of allylic oxidation sites excluding steroid dienone is 1. The van der Waals surface area contributed by atoms with E-state index in [-0.39, 0.29) is 22.6 Å². The lowest BCUT2D eigenvalue weighted by Gasteiger charge is -2.23. The SMILES string of the molecule is N#C/C(=C\c1ccc(C(=O)C(OC(=O)c2ccccc2)C(OC(=O)c2ccccc2)C(=O)O)cc1)c1ccc(NC(=O)c2ccccc2)cc1. The number of amides is 1. The van der Waals surface area contributed by atoms with Crippen molar-refractivity contribution in [2.45, 2.75) is 12.2 Å². The zero-order valence-corrected chi connectivity index (χ0v) is 26.3. The van der Waals surface area contributed by atoms with E-state index in [1.54, 1.807) is 91.0 Å². The van der Waals surface area contributed by atoms with E-state index >= 15 is 0 Å². The largest absolute Gasteiger partial charge is 0.478 e. The van der Waals surface area contributed by atoms with Crippen molar-refractivity contribution in [3.05, 3.63) is 173 Å². The van der Waals surface area contributed by atoms with Crippen molar-refractivity contribution in [2.24, 2.45) is 0 Å². The van der Waals surface area contributed by atoms with Crippen LogP contribution in [0.1, 0.15) is 52.6 Å². The predicted octanol–water partition coefficient (Wildman–Crippen LogP) is 6.72. The maximum absolute atomic E-state index is 13.8. The first-order valence-electron chi connectivity index (χ1n) is 15.2. The summed E-state index contributed by atoms with van der Waals surface area (Å²) in [7, 11) is 0. The molecule has 0 bridgehead atoms. The van der Waals surface area contributed by atoms with E-state index in [1.807, 2.05) is 6.07 Å². The van der Waals surface area contributed by atoms with Crippen molar-refractivity contribution in [1.82, 2.24) is 0 Å². The molecule has 246 valence electrons. The molecule has 0 spiro atoms. The van der Waals surface area contributed by atoms with E-state index < -0.39 is 35.9 Å². The number of carboxylic acid groups (broad SMARTS) is 1. The Morgan fingerprint density at radius 1 is 0.580 bits per heavy atom. The number of nitrogens with zero attached hydrogens (tertiary/aromatic N) is 1. The average Bonchev–Trinajstić information content (AvgIpc) is 3.16. The number of benzene rings is 5. The number of carbonyl (C=O) groups is 5. The van der Waals surface area contributed by atoms with Crippen LogP contribution in [0.5, 0.6) is 0 Å². The lowest BCUT2D eigenvalue weighted by molar-refractivity contribution is -0.152. The second-order valence-electron chi connectivity index (χ2n) is 10.8. The van der Waals surface area contributed by atoms with E-state index in [9.17, 15) is 34.3 Å². The number of nitrogens with one attached hydrogen (secondary N) is 1. The van der Waals surface area contributed by atoms with E-state index in [1.165, 1.54) is 48.5 Å². The summed E-state index contributed by atoms with van der Waals surface area (Å²) < 4.78 is 10.6. The Morgan fingerprint density at radius 2 is 1.04 bits per heavy atom. The first kappa shape index (κ1) is 34.2. The van der Waals surface area contributed by atoms with Crippen molar-refractivity contribution < 1.29 is 38.6 Å². The summed E-state index contributed by atoms with van der Waals surface area (Å²) in [5.74, 6) is -4.91. The highest BCUT2D eigenvalue weighted by Crippen LogP contribution is 2.22. The third-order valence-electron chi connectivity index (χ3n) is 7.38. The molecule has 50 heavy (non-hydrogen) atoms. The minimum Gasteiger partial charge on any atom is -0.478 e. The molecule has 10 nitrogen and oxygen atoms in total. The monoisotopic (exact) mass is 664 g/mol. The number of carboxylic acids is 1. The zero-order valence-electron chi connectivity index (χ0n) is 26.3. The molecule has 2 atom stereocenters. The Hall–Kier alpha value is -7.12. The Kier molecular flexibility index (Phi) is 11.0. The number of hydrogen-bond acceptors (Lipinski definition) is 8. The Bertz CT molecular complexity index is 2070. The Labute approximate surface area is 286 Å². The van der Waals surface area contributed by atoms with Gasteiger partial charge in [-0.1, -0.05) is 91.0 Å². The van der Waals surface area contributed by atoms with Gasteiger partial charge in [0.25, 0.3) is 5.91 Å². The van der Waals surface area contributed by atoms with Crippen LogP contribution in [0.3, 0.4) is 0 Å². The fraction of sp³-hybridized carbons (Fsp3) is 0.0500. The number of esters is 2. The van der Waals surface area contributed by atoms with Crippen LogP contribution in [0.15, 0.2) is 140 Å². The van der Waals surface area contributed by atoms with Crippen LogP contribution in [-0.2, 0) is 14.3 Å². The van der Waals surface area contributed by atoms with Gasteiger partial charge in [0.15, 0.2) is 0 Å². The second-order valence-corrected chi connectivity index (χ2v) is 10.8.